The van der Waals surface area contributed by atoms with E-state index < -0.39 is 16.9 Å². The van der Waals surface area contributed by atoms with Gasteiger partial charge >= 0.3 is 6.09 Å². The Morgan fingerprint density at radius 3 is 2.61 bits per heavy atom. The number of guanidine groups is 1. The summed E-state index contributed by atoms with van der Waals surface area (Å²) in [6, 6.07) is 0.217. The molecule has 3 N–H and O–H groups in total. The minimum absolute atomic E-state index is 0.0683. The van der Waals surface area contributed by atoms with Crippen LogP contribution in [-0.4, -0.2) is 59.0 Å². The molecule has 0 aliphatic heterocycles. The Morgan fingerprint density at radius 1 is 1.25 bits per heavy atom. The van der Waals surface area contributed by atoms with Crippen molar-refractivity contribution in [2.75, 3.05) is 25.4 Å². The van der Waals surface area contributed by atoms with E-state index in [9.17, 15) is 9.00 Å². The first-order valence-electron chi connectivity index (χ1n) is 10.7. The summed E-state index contributed by atoms with van der Waals surface area (Å²) in [6.07, 6.45) is 4.57. The number of hydrogen-bond acceptors (Lipinski definition) is 4. The highest BCUT2D eigenvalue weighted by Crippen LogP contribution is 2.23. The Kier molecular flexibility index (Phi) is 12.2. The maximum atomic E-state index is 12.2. The van der Waals surface area contributed by atoms with Crippen molar-refractivity contribution in [3.05, 3.63) is 0 Å². The first kappa shape index (κ1) is 24.7. The van der Waals surface area contributed by atoms with Gasteiger partial charge in [0.2, 0.25) is 0 Å². The highest BCUT2D eigenvalue weighted by Gasteiger charge is 2.26. The minimum Gasteiger partial charge on any atom is -0.450 e. The normalized spacial score (nSPS) is 22.4. The third kappa shape index (κ3) is 9.75. The van der Waals surface area contributed by atoms with E-state index in [-0.39, 0.29) is 17.3 Å². The average molecular weight is 417 g/mol. The van der Waals surface area contributed by atoms with E-state index in [2.05, 4.69) is 29.8 Å². The van der Waals surface area contributed by atoms with Gasteiger partial charge in [-0.25, -0.2) is 4.79 Å². The Morgan fingerprint density at radius 2 is 2.00 bits per heavy atom. The van der Waals surface area contributed by atoms with Crippen molar-refractivity contribution in [3.63, 3.8) is 0 Å². The van der Waals surface area contributed by atoms with Gasteiger partial charge in [-0.2, -0.15) is 0 Å². The number of rotatable bonds is 10. The van der Waals surface area contributed by atoms with Crippen LogP contribution in [0.25, 0.3) is 0 Å². The number of hydrogen-bond donors (Lipinski definition) is 3. The molecule has 0 aromatic rings. The molecule has 1 saturated carbocycles. The molecule has 1 aliphatic rings. The van der Waals surface area contributed by atoms with Crippen LogP contribution in [0, 0.1) is 5.92 Å². The molecule has 4 unspecified atom stereocenters. The van der Waals surface area contributed by atoms with E-state index in [0.717, 1.165) is 50.4 Å². The summed E-state index contributed by atoms with van der Waals surface area (Å²) < 4.78 is 17.2. The number of carbonyl (C=O) groups excluding carboxylic acids is 1. The van der Waals surface area contributed by atoms with E-state index >= 15 is 0 Å². The van der Waals surface area contributed by atoms with Crippen LogP contribution in [-0.2, 0) is 15.5 Å². The number of aliphatic imine (C=N–C) groups is 1. The predicted octanol–water partition coefficient (Wildman–Crippen LogP) is 2.78. The fraction of sp³-hybridized carbons (Fsp3) is 0.900. The maximum absolute atomic E-state index is 12.2. The van der Waals surface area contributed by atoms with Gasteiger partial charge in [0.1, 0.15) is 0 Å². The van der Waals surface area contributed by atoms with Crippen molar-refractivity contribution in [2.24, 2.45) is 10.9 Å². The van der Waals surface area contributed by atoms with Crippen molar-refractivity contribution in [2.45, 2.75) is 84.1 Å². The number of ether oxygens (including phenoxy) is 1. The fourth-order valence-corrected chi connectivity index (χ4v) is 4.90. The van der Waals surface area contributed by atoms with Gasteiger partial charge in [0, 0.05) is 34.4 Å². The van der Waals surface area contributed by atoms with Crippen molar-refractivity contribution in [3.8, 4) is 0 Å². The molecule has 28 heavy (non-hydrogen) atoms. The minimum atomic E-state index is -0.741. The smallest absolute Gasteiger partial charge is 0.407 e. The summed E-state index contributed by atoms with van der Waals surface area (Å²) in [6.45, 7) is 11.7. The van der Waals surface area contributed by atoms with Crippen LogP contribution in [0.1, 0.15) is 66.7 Å². The zero-order valence-electron chi connectivity index (χ0n) is 18.3. The molecule has 0 spiro atoms. The molecule has 1 fully saturated rings. The summed E-state index contributed by atoms with van der Waals surface area (Å²) in [5, 5.41) is 10.00. The highest BCUT2D eigenvalue weighted by atomic mass is 32.2. The maximum Gasteiger partial charge on any atom is 0.407 e. The van der Waals surface area contributed by atoms with Crippen molar-refractivity contribution >= 4 is 22.9 Å². The molecule has 0 aromatic heterocycles. The lowest BCUT2D eigenvalue weighted by atomic mass is 9.95. The van der Waals surface area contributed by atoms with Gasteiger partial charge < -0.3 is 20.7 Å². The Labute approximate surface area is 173 Å². The molecule has 164 valence electrons. The molecule has 0 aromatic carbocycles. The first-order chi connectivity index (χ1) is 13.4. The molecule has 1 amide bonds. The molecule has 1 aliphatic carbocycles. The number of carbonyl (C=O) groups is 1. The molecule has 8 heteroatoms. The van der Waals surface area contributed by atoms with E-state index in [1.54, 1.807) is 6.92 Å². The monoisotopic (exact) mass is 416 g/mol. The van der Waals surface area contributed by atoms with Crippen molar-refractivity contribution < 1.29 is 13.7 Å². The molecule has 0 saturated heterocycles. The van der Waals surface area contributed by atoms with E-state index in [1.807, 2.05) is 13.8 Å². The van der Waals surface area contributed by atoms with Crippen LogP contribution in [0.5, 0.6) is 0 Å². The van der Waals surface area contributed by atoms with Gasteiger partial charge in [-0.15, -0.1) is 0 Å². The summed E-state index contributed by atoms with van der Waals surface area (Å²) >= 11 is 0. The quantitative estimate of drug-likeness (QED) is 0.376. The third-order valence-corrected chi connectivity index (χ3v) is 6.53. The zero-order valence-corrected chi connectivity index (χ0v) is 19.1. The summed E-state index contributed by atoms with van der Waals surface area (Å²) in [5.74, 6) is 1.93. The van der Waals surface area contributed by atoms with Crippen LogP contribution in [0.15, 0.2) is 4.99 Å². The van der Waals surface area contributed by atoms with Gasteiger partial charge in [0.05, 0.1) is 19.2 Å². The van der Waals surface area contributed by atoms with Crippen LogP contribution in [0.3, 0.4) is 0 Å². The summed E-state index contributed by atoms with van der Waals surface area (Å²) in [5.41, 5.74) is 0. The number of alkyl carbamates (subject to hydrolysis) is 1. The lowest BCUT2D eigenvalue weighted by molar-refractivity contribution is 0.147. The topological polar surface area (TPSA) is 91.8 Å². The Bertz CT molecular complexity index is 514. The van der Waals surface area contributed by atoms with E-state index in [1.165, 1.54) is 0 Å². The fourth-order valence-electron chi connectivity index (χ4n) is 3.55. The van der Waals surface area contributed by atoms with Crippen LogP contribution < -0.4 is 16.0 Å². The number of nitrogens with zero attached hydrogens (tertiary/aromatic N) is 1. The highest BCUT2D eigenvalue weighted by molar-refractivity contribution is 7.85. The molecular formula is C20H40N4O3S. The summed E-state index contributed by atoms with van der Waals surface area (Å²) in [7, 11) is -0.741. The van der Waals surface area contributed by atoms with Gasteiger partial charge in [-0.05, 0) is 45.4 Å². The SMILES string of the molecule is CCNC(=NCC(CC(C)C)NC(=O)OCC)NC1CCCC(S(=O)CC)C1. The Hall–Kier alpha value is -1.31. The van der Waals surface area contributed by atoms with Gasteiger partial charge in [-0.1, -0.05) is 27.2 Å². The molecule has 0 bridgehead atoms. The lowest BCUT2D eigenvalue weighted by Crippen LogP contribution is -2.47. The van der Waals surface area contributed by atoms with Crippen molar-refractivity contribution in [1.29, 1.82) is 0 Å². The van der Waals surface area contributed by atoms with Crippen LogP contribution in [0.2, 0.25) is 0 Å². The van der Waals surface area contributed by atoms with E-state index in [4.69, 9.17) is 9.73 Å². The Balaban J connectivity index is 2.71. The lowest BCUT2D eigenvalue weighted by Gasteiger charge is -2.30. The van der Waals surface area contributed by atoms with Gasteiger partial charge in [0.25, 0.3) is 0 Å². The first-order valence-corrected chi connectivity index (χ1v) is 12.1. The average Bonchev–Trinajstić information content (AvgIpc) is 2.65. The molecule has 1 rings (SSSR count). The third-order valence-electron chi connectivity index (χ3n) is 4.79. The second kappa shape index (κ2) is 13.8. The second-order valence-corrected chi connectivity index (χ2v) is 9.72. The molecular weight excluding hydrogens is 376 g/mol. The van der Waals surface area contributed by atoms with Crippen LogP contribution in [0.4, 0.5) is 4.79 Å². The number of nitrogens with one attached hydrogen (secondary N) is 3. The van der Waals surface area contributed by atoms with Crippen molar-refractivity contribution in [1.82, 2.24) is 16.0 Å². The largest absolute Gasteiger partial charge is 0.450 e. The predicted molar refractivity (Wildman–Crippen MR) is 117 cm³/mol. The van der Waals surface area contributed by atoms with Gasteiger partial charge in [0.15, 0.2) is 5.96 Å². The van der Waals surface area contributed by atoms with Gasteiger partial charge in [-0.3, -0.25) is 9.20 Å². The number of amides is 1. The zero-order chi connectivity index (χ0) is 20.9. The molecule has 4 atom stereocenters. The molecule has 7 nitrogen and oxygen atoms in total. The standard InChI is InChI=1S/C20H40N4O3S/c1-6-21-19(23-16-10-9-11-18(13-16)28(26)8-3)22-14-17(12-15(4)5)24-20(25)27-7-2/h15-18H,6-14H2,1-5H3,(H,24,25)(H2,21,22,23). The molecule has 0 radical (unpaired) electrons. The van der Waals surface area contributed by atoms with Crippen LogP contribution >= 0.6 is 0 Å². The molecule has 0 heterocycles. The summed E-state index contributed by atoms with van der Waals surface area (Å²) in [4.78, 5) is 16.5. The second-order valence-electron chi connectivity index (χ2n) is 7.71. The van der Waals surface area contributed by atoms with E-state index in [0.29, 0.717) is 19.1 Å².